The van der Waals surface area contributed by atoms with E-state index in [4.69, 9.17) is 4.74 Å². The first-order chi connectivity index (χ1) is 31.8. The highest BCUT2D eigenvalue weighted by Crippen LogP contribution is 2.51. The van der Waals surface area contributed by atoms with Gasteiger partial charge < -0.3 is 9.64 Å². The molecular weight excluding hydrogens is 775 g/mol. The molecule has 0 saturated carbocycles. The van der Waals surface area contributed by atoms with Crippen LogP contribution in [-0.4, -0.2) is 0 Å². The van der Waals surface area contributed by atoms with Crippen molar-refractivity contribution in [2.45, 2.75) is 0 Å². The van der Waals surface area contributed by atoms with E-state index in [-0.39, 0.29) is 0 Å². The molecule has 0 bridgehead atoms. The second-order valence-electron chi connectivity index (χ2n) is 16.4. The van der Waals surface area contributed by atoms with Crippen molar-refractivity contribution in [1.29, 1.82) is 0 Å². The van der Waals surface area contributed by atoms with Crippen molar-refractivity contribution < 1.29 is 4.74 Å². The fourth-order valence-electron chi connectivity index (χ4n) is 9.76. The molecule has 2 nitrogen and oxygen atoms in total. The molecule has 0 aliphatic carbocycles. The summed E-state index contributed by atoms with van der Waals surface area (Å²) in [6, 6.07) is 89.7. The zero-order valence-electron chi connectivity index (χ0n) is 35.0. The summed E-state index contributed by atoms with van der Waals surface area (Å²) in [4.78, 5) is 2.47. The second-order valence-corrected chi connectivity index (χ2v) is 16.4. The summed E-state index contributed by atoms with van der Waals surface area (Å²) in [5.41, 5.74) is 17.3. The first-order valence-corrected chi connectivity index (χ1v) is 21.9. The molecule has 0 saturated heterocycles. The van der Waals surface area contributed by atoms with Crippen molar-refractivity contribution in [3.05, 3.63) is 249 Å². The first-order valence-electron chi connectivity index (χ1n) is 21.9. The lowest BCUT2D eigenvalue weighted by Crippen LogP contribution is -2.12. The van der Waals surface area contributed by atoms with Crippen LogP contribution in [0.2, 0.25) is 0 Å². The van der Waals surface area contributed by atoms with Crippen LogP contribution in [0.25, 0.3) is 88.3 Å². The minimum atomic E-state index is 0.886. The summed E-state index contributed by atoms with van der Waals surface area (Å²) < 4.78 is 6.52. The maximum atomic E-state index is 6.52. The lowest BCUT2D eigenvalue weighted by molar-refractivity contribution is 0.487. The molecule has 12 rings (SSSR count). The molecule has 0 amide bonds. The molecule has 2 heteroatoms. The van der Waals surface area contributed by atoms with Crippen molar-refractivity contribution in [2.24, 2.45) is 0 Å². The van der Waals surface area contributed by atoms with Gasteiger partial charge in [0.2, 0.25) is 0 Å². The van der Waals surface area contributed by atoms with E-state index >= 15 is 0 Å². The summed E-state index contributed by atoms with van der Waals surface area (Å²) in [6.45, 7) is 0. The topological polar surface area (TPSA) is 12.5 Å². The highest BCUT2D eigenvalue weighted by atomic mass is 16.5. The third kappa shape index (κ3) is 6.44. The third-order valence-electron chi connectivity index (χ3n) is 12.7. The summed E-state index contributed by atoms with van der Waals surface area (Å²) in [7, 11) is 0. The van der Waals surface area contributed by atoms with Crippen LogP contribution in [0.15, 0.2) is 249 Å². The highest BCUT2D eigenvalue weighted by Gasteiger charge is 2.24. The maximum absolute atomic E-state index is 6.52. The first kappa shape index (κ1) is 37.3. The molecule has 0 spiro atoms. The van der Waals surface area contributed by atoms with Crippen LogP contribution in [0.4, 0.5) is 17.1 Å². The number of benzene rings is 11. The van der Waals surface area contributed by atoms with Gasteiger partial charge in [0, 0.05) is 27.8 Å². The minimum Gasteiger partial charge on any atom is -0.456 e. The van der Waals surface area contributed by atoms with E-state index in [0.29, 0.717) is 0 Å². The summed E-state index contributed by atoms with van der Waals surface area (Å²) in [5.74, 6) is 1.78. The minimum absolute atomic E-state index is 0.886. The van der Waals surface area contributed by atoms with Crippen LogP contribution in [0.3, 0.4) is 0 Å². The van der Waals surface area contributed by atoms with Crippen molar-refractivity contribution in [2.75, 3.05) is 4.90 Å². The molecule has 1 aliphatic rings. The molecule has 64 heavy (non-hydrogen) atoms. The van der Waals surface area contributed by atoms with E-state index in [1.807, 2.05) is 6.07 Å². The van der Waals surface area contributed by atoms with Crippen LogP contribution in [0.1, 0.15) is 0 Å². The number of anilines is 3. The SMILES string of the molecule is c1ccc(-c2ccc(-c3ccccc3N(c3cccc(-c4ccc5c6c(cccc46)-c4ccccc4O5)c3)c3ccccc3-c3cccc4cccc(-c5ccccc5)c34)cc2)cc1. The highest BCUT2D eigenvalue weighted by molar-refractivity contribution is 6.11. The Bertz CT molecular complexity index is 3510. The Balaban J connectivity index is 1.08. The quantitative estimate of drug-likeness (QED) is 0.151. The normalized spacial score (nSPS) is 11.6. The lowest BCUT2D eigenvalue weighted by atomic mass is 9.89. The largest absolute Gasteiger partial charge is 0.456 e. The van der Waals surface area contributed by atoms with Gasteiger partial charge in [-0.3, -0.25) is 0 Å². The maximum Gasteiger partial charge on any atom is 0.135 e. The second kappa shape index (κ2) is 15.8. The molecule has 0 atom stereocenters. The van der Waals surface area contributed by atoms with Crippen LogP contribution in [-0.2, 0) is 0 Å². The van der Waals surface area contributed by atoms with Gasteiger partial charge in [-0.05, 0) is 103 Å². The Morgan fingerprint density at radius 3 is 1.55 bits per heavy atom. The third-order valence-corrected chi connectivity index (χ3v) is 12.7. The summed E-state index contributed by atoms with van der Waals surface area (Å²) >= 11 is 0. The van der Waals surface area contributed by atoms with Gasteiger partial charge in [-0.15, -0.1) is 0 Å². The molecule has 0 unspecified atom stereocenters. The summed E-state index contributed by atoms with van der Waals surface area (Å²) in [6.07, 6.45) is 0. The van der Waals surface area contributed by atoms with Crippen LogP contribution in [0.5, 0.6) is 11.5 Å². The Morgan fingerprint density at radius 1 is 0.266 bits per heavy atom. The monoisotopic (exact) mass is 815 g/mol. The number of nitrogens with zero attached hydrogens (tertiary/aromatic N) is 1. The summed E-state index contributed by atoms with van der Waals surface area (Å²) in [5, 5.41) is 4.74. The predicted octanol–water partition coefficient (Wildman–Crippen LogP) is 17.6. The van der Waals surface area contributed by atoms with E-state index in [0.717, 1.165) is 72.7 Å². The van der Waals surface area contributed by atoms with Gasteiger partial charge in [-0.1, -0.05) is 212 Å². The zero-order valence-corrected chi connectivity index (χ0v) is 35.0. The van der Waals surface area contributed by atoms with Gasteiger partial charge in [-0.25, -0.2) is 0 Å². The zero-order chi connectivity index (χ0) is 42.4. The number of rotatable bonds is 8. The molecule has 1 heterocycles. The molecule has 1 aliphatic heterocycles. The average Bonchev–Trinajstić information content (AvgIpc) is 3.37. The van der Waals surface area contributed by atoms with Gasteiger partial charge in [-0.2, -0.15) is 0 Å². The van der Waals surface area contributed by atoms with Gasteiger partial charge in [0.1, 0.15) is 11.5 Å². The van der Waals surface area contributed by atoms with Crippen molar-refractivity contribution in [3.8, 4) is 78.3 Å². The smallest absolute Gasteiger partial charge is 0.135 e. The van der Waals surface area contributed by atoms with E-state index in [2.05, 4.69) is 248 Å². The van der Waals surface area contributed by atoms with E-state index in [1.54, 1.807) is 0 Å². The van der Waals surface area contributed by atoms with E-state index in [9.17, 15) is 0 Å². The van der Waals surface area contributed by atoms with Crippen LogP contribution >= 0.6 is 0 Å². The Kier molecular flexibility index (Phi) is 9.20. The number of ether oxygens (including phenoxy) is 1. The number of para-hydroxylation sites is 3. The lowest BCUT2D eigenvalue weighted by Gasteiger charge is -2.30. The van der Waals surface area contributed by atoms with Crippen molar-refractivity contribution in [1.82, 2.24) is 0 Å². The average molecular weight is 816 g/mol. The standard InChI is InChI=1S/C62H41NO/c1-3-17-42(18-4-1)43-35-37-45(38-36-43)50-25-7-10-32-57(50)63(58-33-11-8-26-52(58)55-29-15-22-46-21-14-28-51(61(46)55)44-19-5-2-6-20-44)48-24-13-23-47(41-48)49-39-40-60-62-54(49)30-16-31-56(62)53-27-9-12-34-59(53)64-60/h1-41H. The Hall–Kier alpha value is -8.46. The molecular formula is C62H41NO. The molecule has 11 aromatic carbocycles. The molecule has 0 aromatic heterocycles. The van der Waals surface area contributed by atoms with Gasteiger partial charge >= 0.3 is 0 Å². The Morgan fingerprint density at radius 2 is 0.781 bits per heavy atom. The predicted molar refractivity (Wildman–Crippen MR) is 269 cm³/mol. The van der Waals surface area contributed by atoms with E-state index < -0.39 is 0 Å². The molecule has 11 aromatic rings. The van der Waals surface area contributed by atoms with Crippen molar-refractivity contribution >= 4 is 38.6 Å². The van der Waals surface area contributed by atoms with Crippen molar-refractivity contribution in [3.63, 3.8) is 0 Å². The molecule has 0 N–H and O–H groups in total. The molecule has 300 valence electrons. The number of hydrogen-bond donors (Lipinski definition) is 0. The molecule has 0 radical (unpaired) electrons. The fraction of sp³-hybridized carbons (Fsp3) is 0. The van der Waals surface area contributed by atoms with Crippen LogP contribution in [0, 0.1) is 0 Å². The molecule has 0 fully saturated rings. The van der Waals surface area contributed by atoms with Gasteiger partial charge in [0.15, 0.2) is 0 Å². The number of fused-ring (bicyclic) bond motifs is 3. The fourth-order valence-corrected chi connectivity index (χ4v) is 9.76. The van der Waals surface area contributed by atoms with Gasteiger partial charge in [0.05, 0.1) is 11.4 Å². The Labute approximate surface area is 373 Å². The van der Waals surface area contributed by atoms with Gasteiger partial charge in [0.25, 0.3) is 0 Å². The number of hydrogen-bond acceptors (Lipinski definition) is 2. The van der Waals surface area contributed by atoms with E-state index in [1.165, 1.54) is 44.2 Å². The van der Waals surface area contributed by atoms with Crippen LogP contribution < -0.4 is 9.64 Å².